The molecule has 0 aromatic carbocycles. The van der Waals surface area contributed by atoms with E-state index in [4.69, 9.17) is 5.11 Å². The first kappa shape index (κ1) is 15.8. The van der Waals surface area contributed by atoms with Crippen LogP contribution in [0, 0.1) is 22.7 Å². The zero-order chi connectivity index (χ0) is 15.0. The number of allylic oxidation sites excluding steroid dienone is 1. The van der Waals surface area contributed by atoms with Crippen molar-refractivity contribution in [1.29, 1.82) is 0 Å². The van der Waals surface area contributed by atoms with Crippen LogP contribution in [0.4, 0.5) is 0 Å². The van der Waals surface area contributed by atoms with Crippen molar-refractivity contribution in [3.8, 4) is 0 Å². The van der Waals surface area contributed by atoms with Gasteiger partial charge < -0.3 is 5.11 Å². The molecule has 0 spiro atoms. The molecule has 0 saturated heterocycles. The summed E-state index contributed by atoms with van der Waals surface area (Å²) in [7, 11) is 0. The molecule has 2 fully saturated rings. The third kappa shape index (κ3) is 2.72. The van der Waals surface area contributed by atoms with Crippen molar-refractivity contribution < 1.29 is 9.90 Å². The fraction of sp³-hybridized carbons (Fsp3) is 0.833. The van der Waals surface area contributed by atoms with Crippen LogP contribution >= 0.6 is 0 Å². The second kappa shape index (κ2) is 5.63. The van der Waals surface area contributed by atoms with E-state index in [0.717, 1.165) is 18.8 Å². The van der Waals surface area contributed by atoms with Gasteiger partial charge in [-0.1, -0.05) is 39.3 Å². The molecule has 0 aromatic heterocycles. The molecular formula is C18H30O2. The predicted octanol–water partition coefficient (Wildman–Crippen LogP) is 4.13. The number of aliphatic hydroxyl groups excluding tert-OH is 1. The Morgan fingerprint density at radius 3 is 2.70 bits per heavy atom. The number of carbonyl (C=O) groups is 1. The quantitative estimate of drug-likeness (QED) is 0.785. The zero-order valence-electron chi connectivity index (χ0n) is 13.4. The van der Waals surface area contributed by atoms with E-state index in [9.17, 15) is 4.79 Å². The van der Waals surface area contributed by atoms with Crippen LogP contribution in [0.15, 0.2) is 12.2 Å². The van der Waals surface area contributed by atoms with Gasteiger partial charge in [-0.05, 0) is 54.8 Å². The Kier molecular flexibility index (Phi) is 4.44. The number of fused-ring (bicyclic) bond motifs is 1. The maximum absolute atomic E-state index is 11.5. The summed E-state index contributed by atoms with van der Waals surface area (Å²) in [6.45, 7) is 11.3. The van der Waals surface area contributed by atoms with E-state index >= 15 is 0 Å². The van der Waals surface area contributed by atoms with Crippen LogP contribution in [0.25, 0.3) is 0 Å². The number of carbonyl (C=O) groups excluding carboxylic acids is 1. The van der Waals surface area contributed by atoms with E-state index in [1.165, 1.54) is 31.3 Å². The summed E-state index contributed by atoms with van der Waals surface area (Å²) in [5, 5.41) is 8.94. The SMILES string of the molecule is C=C1CC[C@H]2C(C)(C)CCC[C@]2(C)[C@H]1CCC(=O)CO. The van der Waals surface area contributed by atoms with E-state index in [-0.39, 0.29) is 12.4 Å². The molecule has 2 nitrogen and oxygen atoms in total. The second-order valence-electron chi connectivity index (χ2n) is 7.89. The molecule has 0 unspecified atom stereocenters. The Morgan fingerprint density at radius 1 is 1.35 bits per heavy atom. The van der Waals surface area contributed by atoms with Crippen LogP contribution in [-0.4, -0.2) is 17.5 Å². The molecule has 114 valence electrons. The van der Waals surface area contributed by atoms with Gasteiger partial charge in [0.05, 0.1) is 0 Å². The van der Waals surface area contributed by atoms with Gasteiger partial charge in [0.1, 0.15) is 6.61 Å². The lowest BCUT2D eigenvalue weighted by atomic mass is 9.47. The molecule has 20 heavy (non-hydrogen) atoms. The highest BCUT2D eigenvalue weighted by molar-refractivity contribution is 5.79. The summed E-state index contributed by atoms with van der Waals surface area (Å²) in [6, 6.07) is 0. The maximum Gasteiger partial charge on any atom is 0.158 e. The number of rotatable bonds is 4. The first-order valence-corrected chi connectivity index (χ1v) is 8.11. The van der Waals surface area contributed by atoms with E-state index in [0.29, 0.717) is 23.2 Å². The third-order valence-corrected chi connectivity index (χ3v) is 6.21. The molecular weight excluding hydrogens is 248 g/mol. The summed E-state index contributed by atoms with van der Waals surface area (Å²) in [5.74, 6) is 1.17. The fourth-order valence-electron chi connectivity index (χ4n) is 5.19. The number of aliphatic hydroxyl groups is 1. The molecule has 2 rings (SSSR count). The topological polar surface area (TPSA) is 37.3 Å². The molecule has 0 radical (unpaired) electrons. The van der Waals surface area contributed by atoms with Crippen molar-refractivity contribution >= 4 is 5.78 Å². The van der Waals surface area contributed by atoms with E-state index < -0.39 is 0 Å². The number of ketones is 1. The van der Waals surface area contributed by atoms with Crippen molar-refractivity contribution in [2.24, 2.45) is 22.7 Å². The number of hydrogen-bond donors (Lipinski definition) is 1. The molecule has 0 amide bonds. The molecule has 3 atom stereocenters. The largest absolute Gasteiger partial charge is 0.389 e. The van der Waals surface area contributed by atoms with E-state index in [1.54, 1.807) is 0 Å². The van der Waals surface area contributed by atoms with Crippen molar-refractivity contribution in [3.63, 3.8) is 0 Å². The van der Waals surface area contributed by atoms with Crippen LogP contribution in [0.2, 0.25) is 0 Å². The summed E-state index contributed by atoms with van der Waals surface area (Å²) in [4.78, 5) is 11.5. The second-order valence-corrected chi connectivity index (χ2v) is 7.89. The molecule has 2 aliphatic carbocycles. The van der Waals surface area contributed by atoms with Crippen LogP contribution in [-0.2, 0) is 4.79 Å². The monoisotopic (exact) mass is 278 g/mol. The predicted molar refractivity (Wildman–Crippen MR) is 82.4 cm³/mol. The third-order valence-electron chi connectivity index (χ3n) is 6.21. The van der Waals surface area contributed by atoms with Crippen molar-refractivity contribution in [1.82, 2.24) is 0 Å². The first-order chi connectivity index (χ1) is 9.31. The molecule has 0 bridgehead atoms. The van der Waals surface area contributed by atoms with Gasteiger partial charge in [-0.2, -0.15) is 0 Å². The van der Waals surface area contributed by atoms with E-state index in [2.05, 4.69) is 27.4 Å². The zero-order valence-corrected chi connectivity index (χ0v) is 13.4. The summed E-state index contributed by atoms with van der Waals surface area (Å²) >= 11 is 0. The van der Waals surface area contributed by atoms with Gasteiger partial charge in [0.25, 0.3) is 0 Å². The first-order valence-electron chi connectivity index (χ1n) is 8.11. The minimum atomic E-state index is -0.315. The highest BCUT2D eigenvalue weighted by Gasteiger charge is 2.52. The van der Waals surface area contributed by atoms with Gasteiger partial charge in [-0.3, -0.25) is 4.79 Å². The standard InChI is InChI=1S/C18H30O2/c1-13-6-9-16-17(2,3)10-5-11-18(16,4)15(13)8-7-14(20)12-19/h15-16,19H,1,5-12H2,2-4H3/t15-,16-,18+/m0/s1. The van der Waals surface area contributed by atoms with Gasteiger partial charge in [-0.15, -0.1) is 0 Å². The Hall–Kier alpha value is -0.630. The molecule has 2 saturated carbocycles. The maximum atomic E-state index is 11.5. The van der Waals surface area contributed by atoms with Gasteiger partial charge in [0, 0.05) is 6.42 Å². The highest BCUT2D eigenvalue weighted by Crippen LogP contribution is 2.61. The highest BCUT2D eigenvalue weighted by atomic mass is 16.3. The Morgan fingerprint density at radius 2 is 2.05 bits per heavy atom. The average Bonchev–Trinajstić information content (AvgIpc) is 2.36. The van der Waals surface area contributed by atoms with Crippen LogP contribution in [0.5, 0.6) is 0 Å². The van der Waals surface area contributed by atoms with Crippen LogP contribution in [0.3, 0.4) is 0 Å². The summed E-state index contributed by atoms with van der Waals surface area (Å²) < 4.78 is 0. The minimum absolute atomic E-state index is 0.0291. The average molecular weight is 278 g/mol. The fourth-order valence-corrected chi connectivity index (χ4v) is 5.19. The molecule has 0 heterocycles. The normalized spacial score (nSPS) is 36.5. The van der Waals surface area contributed by atoms with Crippen molar-refractivity contribution in [2.45, 2.75) is 65.7 Å². The lowest BCUT2D eigenvalue weighted by Gasteiger charge is -2.58. The summed E-state index contributed by atoms with van der Waals surface area (Å²) in [5.41, 5.74) is 2.05. The smallest absolute Gasteiger partial charge is 0.158 e. The summed E-state index contributed by atoms with van der Waals surface area (Å²) in [6.07, 6.45) is 7.62. The van der Waals surface area contributed by atoms with Crippen molar-refractivity contribution in [3.05, 3.63) is 12.2 Å². The molecule has 0 aliphatic heterocycles. The van der Waals surface area contributed by atoms with Gasteiger partial charge in [-0.25, -0.2) is 0 Å². The Balaban J connectivity index is 2.20. The van der Waals surface area contributed by atoms with Gasteiger partial charge in [0.15, 0.2) is 5.78 Å². The molecule has 2 aliphatic rings. The lowest BCUT2D eigenvalue weighted by molar-refractivity contribution is -0.122. The van der Waals surface area contributed by atoms with Crippen LogP contribution < -0.4 is 0 Å². The van der Waals surface area contributed by atoms with Crippen molar-refractivity contribution in [2.75, 3.05) is 6.61 Å². The van der Waals surface area contributed by atoms with Gasteiger partial charge in [0.2, 0.25) is 0 Å². The Bertz CT molecular complexity index is 396. The molecule has 0 aromatic rings. The number of hydrogen-bond acceptors (Lipinski definition) is 2. The van der Waals surface area contributed by atoms with Gasteiger partial charge >= 0.3 is 0 Å². The molecule has 1 N–H and O–H groups in total. The number of Topliss-reactive ketones (excluding diaryl/α,β-unsaturated/α-hetero) is 1. The van der Waals surface area contributed by atoms with E-state index in [1.807, 2.05) is 0 Å². The minimum Gasteiger partial charge on any atom is -0.389 e. The molecule has 2 heteroatoms. The Labute approximate surface area is 123 Å². The lowest BCUT2D eigenvalue weighted by Crippen LogP contribution is -2.49. The van der Waals surface area contributed by atoms with Crippen LogP contribution in [0.1, 0.15) is 65.7 Å².